The molecule has 0 atom stereocenters. The number of anilines is 2. The van der Waals surface area contributed by atoms with E-state index in [1.165, 1.54) is 19.0 Å². The average molecular weight is 268 g/mol. The molecule has 1 aromatic carbocycles. The van der Waals surface area contributed by atoms with Gasteiger partial charge in [0.15, 0.2) is 0 Å². The van der Waals surface area contributed by atoms with E-state index in [-0.39, 0.29) is 5.91 Å². The minimum absolute atomic E-state index is 0.249. The molecule has 1 aliphatic rings. The van der Waals surface area contributed by atoms with Crippen molar-refractivity contribution in [2.24, 2.45) is 0 Å². The summed E-state index contributed by atoms with van der Waals surface area (Å²) in [5.41, 5.74) is 2.17. The van der Waals surface area contributed by atoms with Crippen LogP contribution in [0.2, 0.25) is 0 Å². The monoisotopic (exact) mass is 268 g/mol. The molecule has 5 heteroatoms. The summed E-state index contributed by atoms with van der Waals surface area (Å²) in [5, 5.41) is 6.04. The molecule has 5 nitrogen and oxygen atoms in total. The van der Waals surface area contributed by atoms with Crippen LogP contribution in [-0.2, 0) is 0 Å². The van der Waals surface area contributed by atoms with Crippen molar-refractivity contribution < 1.29 is 4.79 Å². The number of rotatable bonds is 4. The third-order valence-corrected chi connectivity index (χ3v) is 3.09. The van der Waals surface area contributed by atoms with Crippen molar-refractivity contribution in [1.29, 1.82) is 0 Å². The molecule has 1 fully saturated rings. The molecule has 2 aromatic rings. The normalized spacial score (nSPS) is 13.8. The smallest absolute Gasteiger partial charge is 0.275 e. The van der Waals surface area contributed by atoms with Crippen molar-refractivity contribution in [1.82, 2.24) is 9.97 Å². The van der Waals surface area contributed by atoms with Gasteiger partial charge in [0.2, 0.25) is 0 Å². The third-order valence-electron chi connectivity index (χ3n) is 3.09. The number of carbonyl (C=O) groups excluding carboxylic acids is 1. The van der Waals surface area contributed by atoms with Crippen LogP contribution in [0.5, 0.6) is 0 Å². The first-order valence-corrected chi connectivity index (χ1v) is 6.67. The van der Waals surface area contributed by atoms with E-state index in [4.69, 9.17) is 0 Å². The zero-order chi connectivity index (χ0) is 13.9. The maximum Gasteiger partial charge on any atom is 0.275 e. The van der Waals surface area contributed by atoms with Crippen LogP contribution in [0.25, 0.3) is 0 Å². The number of amides is 1. The minimum Gasteiger partial charge on any atom is -0.366 e. The molecule has 2 N–H and O–H groups in total. The standard InChI is InChI=1S/C15H16N4O/c1-10-3-2-4-12(7-10)19-15(20)13-8-17-14(9-16-13)18-11-5-6-11/h2-4,7-9,11H,5-6H2,1H3,(H,17,18)(H,19,20). The van der Waals surface area contributed by atoms with Crippen LogP contribution in [0.3, 0.4) is 0 Å². The Morgan fingerprint density at radius 3 is 2.75 bits per heavy atom. The van der Waals surface area contributed by atoms with Gasteiger partial charge in [0.1, 0.15) is 11.5 Å². The molecular weight excluding hydrogens is 252 g/mol. The summed E-state index contributed by atoms with van der Waals surface area (Å²) in [6, 6.07) is 8.17. The molecule has 102 valence electrons. The Morgan fingerprint density at radius 1 is 1.25 bits per heavy atom. The molecule has 0 spiro atoms. The highest BCUT2D eigenvalue weighted by Gasteiger charge is 2.21. The molecule has 1 amide bonds. The second-order valence-electron chi connectivity index (χ2n) is 5.03. The molecule has 1 aliphatic carbocycles. The summed E-state index contributed by atoms with van der Waals surface area (Å²) in [6.45, 7) is 1.98. The lowest BCUT2D eigenvalue weighted by Gasteiger charge is -2.06. The number of nitrogens with one attached hydrogen (secondary N) is 2. The Kier molecular flexibility index (Phi) is 3.33. The first-order valence-electron chi connectivity index (χ1n) is 6.67. The van der Waals surface area contributed by atoms with Crippen LogP contribution < -0.4 is 10.6 Å². The third kappa shape index (κ3) is 3.12. The Labute approximate surface area is 117 Å². The highest BCUT2D eigenvalue weighted by atomic mass is 16.1. The van der Waals surface area contributed by atoms with Crippen LogP contribution in [-0.4, -0.2) is 21.9 Å². The SMILES string of the molecule is Cc1cccc(NC(=O)c2cnc(NC3CC3)cn2)c1. The van der Waals surface area contributed by atoms with Gasteiger partial charge in [-0.2, -0.15) is 0 Å². The van der Waals surface area contributed by atoms with Crippen molar-refractivity contribution in [2.75, 3.05) is 10.6 Å². The highest BCUT2D eigenvalue weighted by Crippen LogP contribution is 2.23. The van der Waals surface area contributed by atoms with Gasteiger partial charge >= 0.3 is 0 Å². The first-order chi connectivity index (χ1) is 9.70. The van der Waals surface area contributed by atoms with E-state index in [9.17, 15) is 4.79 Å². The summed E-state index contributed by atoms with van der Waals surface area (Å²) in [6.07, 6.45) is 5.45. The quantitative estimate of drug-likeness (QED) is 0.894. The molecular formula is C15H16N4O. The lowest BCUT2D eigenvalue weighted by atomic mass is 10.2. The summed E-state index contributed by atoms with van der Waals surface area (Å²) in [7, 11) is 0. The molecule has 0 aliphatic heterocycles. The Morgan fingerprint density at radius 2 is 2.10 bits per heavy atom. The van der Waals surface area contributed by atoms with E-state index in [2.05, 4.69) is 20.6 Å². The maximum atomic E-state index is 12.0. The number of aromatic nitrogens is 2. The van der Waals surface area contributed by atoms with Crippen molar-refractivity contribution in [3.8, 4) is 0 Å². The fourth-order valence-corrected chi connectivity index (χ4v) is 1.87. The van der Waals surface area contributed by atoms with Crippen molar-refractivity contribution in [2.45, 2.75) is 25.8 Å². The summed E-state index contributed by atoms with van der Waals surface area (Å²) >= 11 is 0. The van der Waals surface area contributed by atoms with Gasteiger partial charge in [0.25, 0.3) is 5.91 Å². The second kappa shape index (κ2) is 5.28. The Hall–Kier alpha value is -2.43. The van der Waals surface area contributed by atoms with Gasteiger partial charge in [-0.15, -0.1) is 0 Å². The van der Waals surface area contributed by atoms with Gasteiger partial charge in [-0.25, -0.2) is 9.97 Å². The average Bonchev–Trinajstić information content (AvgIpc) is 3.23. The topological polar surface area (TPSA) is 66.9 Å². The number of nitrogens with zero attached hydrogens (tertiary/aromatic N) is 2. The van der Waals surface area contributed by atoms with E-state index >= 15 is 0 Å². The van der Waals surface area contributed by atoms with E-state index in [0.717, 1.165) is 17.1 Å². The Bertz CT molecular complexity index is 620. The van der Waals surface area contributed by atoms with Crippen molar-refractivity contribution >= 4 is 17.4 Å². The molecule has 0 bridgehead atoms. The van der Waals surface area contributed by atoms with E-state index in [1.807, 2.05) is 31.2 Å². The van der Waals surface area contributed by atoms with E-state index in [0.29, 0.717) is 11.7 Å². The molecule has 0 saturated heterocycles. The number of benzene rings is 1. The largest absolute Gasteiger partial charge is 0.366 e. The molecule has 0 unspecified atom stereocenters. The number of carbonyl (C=O) groups is 1. The fraction of sp³-hybridized carbons (Fsp3) is 0.267. The van der Waals surface area contributed by atoms with Crippen LogP contribution in [0.15, 0.2) is 36.7 Å². The molecule has 3 rings (SSSR count). The summed E-state index contributed by atoms with van der Waals surface area (Å²) in [5.74, 6) is 0.473. The summed E-state index contributed by atoms with van der Waals surface area (Å²) < 4.78 is 0. The lowest BCUT2D eigenvalue weighted by Crippen LogP contribution is -2.14. The van der Waals surface area contributed by atoms with Gasteiger partial charge in [-0.3, -0.25) is 4.79 Å². The first kappa shape index (κ1) is 12.6. The van der Waals surface area contributed by atoms with Crippen molar-refractivity contribution in [3.05, 3.63) is 47.9 Å². The molecule has 1 saturated carbocycles. The van der Waals surface area contributed by atoms with E-state index < -0.39 is 0 Å². The zero-order valence-corrected chi connectivity index (χ0v) is 11.3. The highest BCUT2D eigenvalue weighted by molar-refractivity contribution is 6.02. The van der Waals surface area contributed by atoms with Crippen LogP contribution in [0.1, 0.15) is 28.9 Å². The van der Waals surface area contributed by atoms with Crippen molar-refractivity contribution in [3.63, 3.8) is 0 Å². The lowest BCUT2D eigenvalue weighted by molar-refractivity contribution is 0.102. The molecule has 0 radical (unpaired) electrons. The predicted molar refractivity (Wildman–Crippen MR) is 77.8 cm³/mol. The maximum absolute atomic E-state index is 12.0. The minimum atomic E-state index is -0.249. The van der Waals surface area contributed by atoms with Gasteiger partial charge < -0.3 is 10.6 Å². The number of hydrogen-bond donors (Lipinski definition) is 2. The second-order valence-corrected chi connectivity index (χ2v) is 5.03. The van der Waals surface area contributed by atoms with Gasteiger partial charge in [-0.1, -0.05) is 12.1 Å². The zero-order valence-electron chi connectivity index (χ0n) is 11.3. The Balaban J connectivity index is 1.66. The van der Waals surface area contributed by atoms with E-state index in [1.54, 1.807) is 6.20 Å². The van der Waals surface area contributed by atoms with Crippen LogP contribution in [0, 0.1) is 6.92 Å². The van der Waals surface area contributed by atoms with Gasteiger partial charge in [-0.05, 0) is 37.5 Å². The summed E-state index contributed by atoms with van der Waals surface area (Å²) in [4.78, 5) is 20.4. The molecule has 20 heavy (non-hydrogen) atoms. The van der Waals surface area contributed by atoms with Crippen LogP contribution in [0.4, 0.5) is 11.5 Å². The number of aryl methyl sites for hydroxylation is 1. The number of hydrogen-bond acceptors (Lipinski definition) is 4. The fourth-order valence-electron chi connectivity index (χ4n) is 1.87. The molecule has 1 aromatic heterocycles. The molecule has 1 heterocycles. The van der Waals surface area contributed by atoms with Gasteiger partial charge in [0, 0.05) is 11.7 Å². The van der Waals surface area contributed by atoms with Gasteiger partial charge in [0.05, 0.1) is 12.4 Å². The predicted octanol–water partition coefficient (Wildman–Crippen LogP) is 2.61. The van der Waals surface area contributed by atoms with Crippen LogP contribution >= 0.6 is 0 Å².